The summed E-state index contributed by atoms with van der Waals surface area (Å²) < 4.78 is 18.9. The van der Waals surface area contributed by atoms with Gasteiger partial charge in [-0.2, -0.15) is 0 Å². The van der Waals surface area contributed by atoms with Crippen LogP contribution in [0.4, 0.5) is 4.39 Å². The lowest BCUT2D eigenvalue weighted by molar-refractivity contribution is 0.0348. The van der Waals surface area contributed by atoms with E-state index in [0.29, 0.717) is 24.9 Å². The number of benzene rings is 1. The molecule has 2 rings (SSSR count). The molecule has 0 radical (unpaired) electrons. The van der Waals surface area contributed by atoms with Gasteiger partial charge in [0.2, 0.25) is 0 Å². The minimum Gasteiger partial charge on any atom is -0.381 e. The predicted molar refractivity (Wildman–Crippen MR) is 67.7 cm³/mol. The minimum absolute atomic E-state index is 0.0412. The molecule has 1 aliphatic heterocycles. The molecule has 5 heteroatoms. The van der Waals surface area contributed by atoms with E-state index in [9.17, 15) is 14.0 Å². The molecule has 0 spiro atoms. The molecule has 102 valence electrons. The number of halogens is 1. The van der Waals surface area contributed by atoms with Crippen LogP contribution in [0.1, 0.15) is 33.6 Å². The lowest BCUT2D eigenvalue weighted by Gasteiger charge is -2.31. The number of carbonyl (C=O) groups is 2. The van der Waals surface area contributed by atoms with E-state index in [1.54, 1.807) is 12.0 Å². The number of aldehydes is 1. The number of amides is 1. The summed E-state index contributed by atoms with van der Waals surface area (Å²) in [6.45, 7) is 1.09. The number of carbonyl (C=O) groups excluding carboxylic acids is 2. The highest BCUT2D eigenvalue weighted by Crippen LogP contribution is 2.18. The van der Waals surface area contributed by atoms with Crippen LogP contribution in [0.3, 0.4) is 0 Å². The van der Waals surface area contributed by atoms with Crippen LogP contribution in [0, 0.1) is 5.82 Å². The van der Waals surface area contributed by atoms with Crippen LogP contribution >= 0.6 is 0 Å². The molecule has 1 aliphatic rings. The smallest absolute Gasteiger partial charge is 0.256 e. The van der Waals surface area contributed by atoms with Crippen molar-refractivity contribution in [3.05, 3.63) is 35.1 Å². The molecule has 1 saturated heterocycles. The molecule has 1 aromatic carbocycles. The fraction of sp³-hybridized carbons (Fsp3) is 0.429. The third kappa shape index (κ3) is 2.98. The average molecular weight is 265 g/mol. The summed E-state index contributed by atoms with van der Waals surface area (Å²) in [7, 11) is 1.65. The standard InChI is InChI=1S/C14H16FNO3/c1-19-11-4-6-16(7-5-11)14(18)12-8-10(9-17)2-3-13(12)15/h2-3,8-9,11H,4-7H2,1H3. The van der Waals surface area contributed by atoms with Crippen LogP contribution in [-0.2, 0) is 4.74 Å². The number of likely N-dealkylation sites (tertiary alicyclic amines) is 1. The van der Waals surface area contributed by atoms with Crippen LogP contribution in [-0.4, -0.2) is 43.4 Å². The highest BCUT2D eigenvalue weighted by atomic mass is 19.1. The van der Waals surface area contributed by atoms with E-state index in [0.717, 1.165) is 18.9 Å². The summed E-state index contributed by atoms with van der Waals surface area (Å²) in [4.78, 5) is 24.5. The first-order chi connectivity index (χ1) is 9.15. The van der Waals surface area contributed by atoms with Crippen LogP contribution in [0.2, 0.25) is 0 Å². The Bertz CT molecular complexity index is 482. The maximum Gasteiger partial charge on any atom is 0.256 e. The maximum absolute atomic E-state index is 13.7. The van der Waals surface area contributed by atoms with Gasteiger partial charge >= 0.3 is 0 Å². The number of nitrogens with zero attached hydrogens (tertiary/aromatic N) is 1. The second-order valence-corrected chi connectivity index (χ2v) is 4.58. The van der Waals surface area contributed by atoms with Crippen molar-refractivity contribution in [2.45, 2.75) is 18.9 Å². The van der Waals surface area contributed by atoms with Gasteiger partial charge in [0.05, 0.1) is 11.7 Å². The second kappa shape index (κ2) is 5.93. The van der Waals surface area contributed by atoms with Crippen molar-refractivity contribution in [1.82, 2.24) is 4.90 Å². The molecular weight excluding hydrogens is 249 g/mol. The molecule has 1 aromatic rings. The normalized spacial score (nSPS) is 16.4. The van der Waals surface area contributed by atoms with Crippen LogP contribution in [0.25, 0.3) is 0 Å². The Labute approximate surface area is 111 Å². The van der Waals surface area contributed by atoms with Crippen LogP contribution in [0.15, 0.2) is 18.2 Å². The van der Waals surface area contributed by atoms with E-state index in [4.69, 9.17) is 4.74 Å². The van der Waals surface area contributed by atoms with Gasteiger partial charge in [0.25, 0.3) is 5.91 Å². The second-order valence-electron chi connectivity index (χ2n) is 4.58. The van der Waals surface area contributed by atoms with Crippen molar-refractivity contribution in [3.8, 4) is 0 Å². The Morgan fingerprint density at radius 2 is 2.11 bits per heavy atom. The van der Waals surface area contributed by atoms with Crippen molar-refractivity contribution < 1.29 is 18.7 Å². The number of hydrogen-bond acceptors (Lipinski definition) is 3. The number of hydrogen-bond donors (Lipinski definition) is 0. The SMILES string of the molecule is COC1CCN(C(=O)c2cc(C=O)ccc2F)CC1. The number of rotatable bonds is 3. The van der Waals surface area contributed by atoms with Crippen LogP contribution < -0.4 is 0 Å². The van der Waals surface area contributed by atoms with Gasteiger partial charge in [-0.3, -0.25) is 9.59 Å². The van der Waals surface area contributed by atoms with Gasteiger partial charge in [0.15, 0.2) is 0 Å². The zero-order valence-corrected chi connectivity index (χ0v) is 10.8. The first-order valence-electron chi connectivity index (χ1n) is 6.22. The molecule has 19 heavy (non-hydrogen) atoms. The van der Waals surface area contributed by atoms with Crippen molar-refractivity contribution in [2.24, 2.45) is 0 Å². The van der Waals surface area contributed by atoms with E-state index >= 15 is 0 Å². The molecule has 0 N–H and O–H groups in total. The van der Waals surface area contributed by atoms with E-state index in [-0.39, 0.29) is 17.6 Å². The first kappa shape index (κ1) is 13.7. The fourth-order valence-corrected chi connectivity index (χ4v) is 2.25. The summed E-state index contributed by atoms with van der Waals surface area (Å²) in [6.07, 6.45) is 2.26. The van der Waals surface area contributed by atoms with Gasteiger partial charge in [-0.15, -0.1) is 0 Å². The molecule has 0 saturated carbocycles. The minimum atomic E-state index is -0.593. The number of piperidine rings is 1. The largest absolute Gasteiger partial charge is 0.381 e. The Hall–Kier alpha value is -1.75. The maximum atomic E-state index is 13.7. The van der Waals surface area contributed by atoms with E-state index < -0.39 is 5.82 Å². The zero-order chi connectivity index (χ0) is 13.8. The summed E-state index contributed by atoms with van der Waals surface area (Å²) in [5.41, 5.74) is 0.261. The molecule has 1 heterocycles. The molecular formula is C14H16FNO3. The first-order valence-corrected chi connectivity index (χ1v) is 6.22. The third-order valence-corrected chi connectivity index (χ3v) is 3.42. The molecule has 0 bridgehead atoms. The van der Waals surface area contributed by atoms with Crippen molar-refractivity contribution in [3.63, 3.8) is 0 Å². The monoisotopic (exact) mass is 265 g/mol. The summed E-state index contributed by atoms with van der Waals surface area (Å²) in [5, 5.41) is 0. The molecule has 0 aromatic heterocycles. The summed E-state index contributed by atoms with van der Waals surface area (Å²) >= 11 is 0. The number of methoxy groups -OCH3 is 1. The fourth-order valence-electron chi connectivity index (χ4n) is 2.25. The molecule has 0 atom stereocenters. The van der Waals surface area contributed by atoms with Gasteiger partial charge in [0.1, 0.15) is 12.1 Å². The van der Waals surface area contributed by atoms with E-state index in [1.807, 2.05) is 0 Å². The van der Waals surface area contributed by atoms with Gasteiger partial charge in [0, 0.05) is 25.8 Å². The lowest BCUT2D eigenvalue weighted by Crippen LogP contribution is -2.41. The molecule has 4 nitrogen and oxygen atoms in total. The molecule has 1 amide bonds. The predicted octanol–water partition coefficient (Wildman–Crippen LogP) is 1.89. The van der Waals surface area contributed by atoms with Gasteiger partial charge < -0.3 is 9.64 Å². The highest BCUT2D eigenvalue weighted by molar-refractivity contribution is 5.96. The lowest BCUT2D eigenvalue weighted by atomic mass is 10.0. The van der Waals surface area contributed by atoms with Crippen molar-refractivity contribution in [1.29, 1.82) is 0 Å². The van der Waals surface area contributed by atoms with Gasteiger partial charge in [-0.05, 0) is 31.0 Å². The van der Waals surface area contributed by atoms with Crippen LogP contribution in [0.5, 0.6) is 0 Å². The van der Waals surface area contributed by atoms with Gasteiger partial charge in [-0.1, -0.05) is 0 Å². The van der Waals surface area contributed by atoms with Crippen molar-refractivity contribution in [2.75, 3.05) is 20.2 Å². The summed E-state index contributed by atoms with van der Waals surface area (Å²) in [6, 6.07) is 3.81. The summed E-state index contributed by atoms with van der Waals surface area (Å²) in [5.74, 6) is -0.958. The number of ether oxygens (including phenoxy) is 1. The zero-order valence-electron chi connectivity index (χ0n) is 10.8. The Morgan fingerprint density at radius 1 is 1.42 bits per heavy atom. The van der Waals surface area contributed by atoms with E-state index in [1.165, 1.54) is 12.1 Å². The quantitative estimate of drug-likeness (QED) is 0.784. The topological polar surface area (TPSA) is 46.6 Å². The third-order valence-electron chi connectivity index (χ3n) is 3.42. The molecule has 1 fully saturated rings. The van der Waals surface area contributed by atoms with Gasteiger partial charge in [-0.25, -0.2) is 4.39 Å². The highest BCUT2D eigenvalue weighted by Gasteiger charge is 2.25. The van der Waals surface area contributed by atoms with Crippen molar-refractivity contribution >= 4 is 12.2 Å². The average Bonchev–Trinajstić information content (AvgIpc) is 2.47. The Balaban J connectivity index is 2.14. The Kier molecular flexibility index (Phi) is 4.27. The molecule has 0 aliphatic carbocycles. The Morgan fingerprint density at radius 3 is 2.68 bits per heavy atom. The molecule has 0 unspecified atom stereocenters. The van der Waals surface area contributed by atoms with E-state index in [2.05, 4.69) is 0 Å².